The molecule has 0 unspecified atom stereocenters. The first-order valence-electron chi connectivity index (χ1n) is 6.57. The van der Waals surface area contributed by atoms with Gasteiger partial charge in [0, 0.05) is 0 Å². The first kappa shape index (κ1) is 14.7. The second-order valence-electron chi connectivity index (χ2n) is 5.33. The summed E-state index contributed by atoms with van der Waals surface area (Å²) in [6, 6.07) is 7.63. The minimum absolute atomic E-state index is 0.0623. The molecular weight excluding hydrogens is 274 g/mol. The Hall–Kier alpha value is -1.69. The van der Waals surface area contributed by atoms with Gasteiger partial charge < -0.3 is 0 Å². The van der Waals surface area contributed by atoms with Gasteiger partial charge >= 0.3 is 0 Å². The highest BCUT2D eigenvalue weighted by molar-refractivity contribution is 7.90. The Kier molecular flexibility index (Phi) is 4.23. The third-order valence-electron chi connectivity index (χ3n) is 2.95. The second kappa shape index (κ2) is 5.75. The van der Waals surface area contributed by atoms with Crippen LogP contribution in [0.5, 0.6) is 0 Å². The van der Waals surface area contributed by atoms with Crippen molar-refractivity contribution < 1.29 is 8.42 Å². The zero-order valence-corrected chi connectivity index (χ0v) is 12.7. The largest absolute Gasteiger partial charge is 0.267 e. The van der Waals surface area contributed by atoms with E-state index in [9.17, 15) is 8.42 Å². The Balaban J connectivity index is 2.30. The molecule has 0 saturated heterocycles. The third kappa shape index (κ3) is 3.45. The van der Waals surface area contributed by atoms with Crippen LogP contribution in [0.15, 0.2) is 29.4 Å². The number of hydrogen-bond donors (Lipinski definition) is 1. The van der Waals surface area contributed by atoms with Crippen LogP contribution in [-0.2, 0) is 22.0 Å². The van der Waals surface area contributed by atoms with E-state index in [0.717, 1.165) is 17.5 Å². The topological polar surface area (TPSA) is 75.7 Å². The average molecular weight is 293 g/mol. The summed E-state index contributed by atoms with van der Waals surface area (Å²) in [5.74, 6) is 0.913. The summed E-state index contributed by atoms with van der Waals surface area (Å²) in [5.41, 5.74) is 1.89. The maximum absolute atomic E-state index is 12.3. The molecule has 0 fully saturated rings. The van der Waals surface area contributed by atoms with Gasteiger partial charge in [0.15, 0.2) is 0 Å². The molecule has 0 atom stereocenters. The molecule has 1 heterocycles. The number of rotatable bonds is 5. The van der Waals surface area contributed by atoms with E-state index in [0.29, 0.717) is 11.7 Å². The van der Waals surface area contributed by atoms with Crippen molar-refractivity contribution in [3.63, 3.8) is 0 Å². The number of sulfone groups is 1. The molecule has 1 aromatic heterocycles. The Morgan fingerprint density at radius 1 is 1.20 bits per heavy atom. The average Bonchev–Trinajstić information content (AvgIpc) is 2.78. The molecule has 5 nitrogen and oxygen atoms in total. The normalized spacial score (nSPS) is 12.0. The van der Waals surface area contributed by atoms with Crippen molar-refractivity contribution in [2.45, 2.75) is 38.1 Å². The molecule has 2 aromatic rings. The van der Waals surface area contributed by atoms with Crippen LogP contribution in [0.4, 0.5) is 0 Å². The van der Waals surface area contributed by atoms with E-state index >= 15 is 0 Å². The molecule has 0 aliphatic carbocycles. The lowest BCUT2D eigenvalue weighted by atomic mass is 9.99. The second-order valence-corrected chi connectivity index (χ2v) is 7.21. The van der Waals surface area contributed by atoms with Crippen molar-refractivity contribution >= 4 is 9.84 Å². The summed E-state index contributed by atoms with van der Waals surface area (Å²) in [6.45, 7) is 5.91. The van der Waals surface area contributed by atoms with Crippen molar-refractivity contribution in [2.24, 2.45) is 5.92 Å². The SMILES string of the molecule is Cc1nc(S(=O)(=O)Cc2ccccc2CC(C)C)n[nH]1. The van der Waals surface area contributed by atoms with E-state index < -0.39 is 9.84 Å². The number of aromatic amines is 1. The monoisotopic (exact) mass is 293 g/mol. The van der Waals surface area contributed by atoms with E-state index in [1.54, 1.807) is 6.92 Å². The van der Waals surface area contributed by atoms with E-state index in [4.69, 9.17) is 0 Å². The fourth-order valence-electron chi connectivity index (χ4n) is 2.07. The molecule has 0 amide bonds. The summed E-state index contributed by atoms with van der Waals surface area (Å²) < 4.78 is 24.6. The van der Waals surface area contributed by atoms with Crippen LogP contribution in [0.25, 0.3) is 0 Å². The van der Waals surface area contributed by atoms with Crippen LogP contribution < -0.4 is 0 Å². The molecule has 108 valence electrons. The highest BCUT2D eigenvalue weighted by Crippen LogP contribution is 2.19. The number of nitrogens with one attached hydrogen (secondary N) is 1. The zero-order chi connectivity index (χ0) is 14.8. The van der Waals surface area contributed by atoms with Gasteiger partial charge in [-0.2, -0.15) is 0 Å². The van der Waals surface area contributed by atoms with Crippen LogP contribution >= 0.6 is 0 Å². The molecule has 0 spiro atoms. The molecule has 0 radical (unpaired) electrons. The smallest absolute Gasteiger partial charge is 0.262 e. The van der Waals surface area contributed by atoms with Gasteiger partial charge in [-0.15, -0.1) is 5.10 Å². The summed E-state index contributed by atoms with van der Waals surface area (Å²) >= 11 is 0. The molecule has 2 rings (SSSR count). The Labute approximate surface area is 119 Å². The van der Waals surface area contributed by atoms with Gasteiger partial charge in [0.1, 0.15) is 5.82 Å². The maximum atomic E-state index is 12.3. The molecule has 0 saturated carbocycles. The molecular formula is C14H19N3O2S. The zero-order valence-electron chi connectivity index (χ0n) is 11.9. The van der Waals surface area contributed by atoms with Crippen LogP contribution in [0, 0.1) is 12.8 Å². The maximum Gasteiger partial charge on any atom is 0.267 e. The fraction of sp³-hybridized carbons (Fsp3) is 0.429. The molecule has 20 heavy (non-hydrogen) atoms. The highest BCUT2D eigenvalue weighted by Gasteiger charge is 2.21. The molecule has 1 aromatic carbocycles. The number of aryl methyl sites for hydroxylation is 1. The van der Waals surface area contributed by atoms with Crippen LogP contribution in [-0.4, -0.2) is 23.6 Å². The third-order valence-corrected chi connectivity index (χ3v) is 4.38. The van der Waals surface area contributed by atoms with Gasteiger partial charge in [-0.1, -0.05) is 38.1 Å². The molecule has 0 aliphatic heterocycles. The van der Waals surface area contributed by atoms with Gasteiger partial charge in [0.05, 0.1) is 5.75 Å². The lowest BCUT2D eigenvalue weighted by molar-refractivity contribution is 0.585. The first-order valence-corrected chi connectivity index (χ1v) is 8.22. The number of hydrogen-bond acceptors (Lipinski definition) is 4. The number of H-pyrrole nitrogens is 1. The first-order chi connectivity index (χ1) is 9.38. The van der Waals surface area contributed by atoms with Gasteiger partial charge in [0.25, 0.3) is 5.16 Å². The van der Waals surface area contributed by atoms with Crippen LogP contribution in [0.3, 0.4) is 0 Å². The van der Waals surface area contributed by atoms with Crippen molar-refractivity contribution in [1.29, 1.82) is 0 Å². The van der Waals surface area contributed by atoms with E-state index in [-0.39, 0.29) is 10.9 Å². The lowest BCUT2D eigenvalue weighted by Gasteiger charge is -2.10. The number of benzene rings is 1. The van der Waals surface area contributed by atoms with Crippen LogP contribution in [0.2, 0.25) is 0 Å². The van der Waals surface area contributed by atoms with Gasteiger partial charge in [-0.3, -0.25) is 5.10 Å². The minimum atomic E-state index is -3.50. The fourth-order valence-corrected chi connectivity index (χ4v) is 3.35. The van der Waals surface area contributed by atoms with Gasteiger partial charge in [-0.25, -0.2) is 13.4 Å². The number of nitrogens with zero attached hydrogens (tertiary/aromatic N) is 2. The van der Waals surface area contributed by atoms with Gasteiger partial charge in [-0.05, 0) is 30.4 Å². The van der Waals surface area contributed by atoms with E-state index in [1.165, 1.54) is 0 Å². The molecule has 6 heteroatoms. The molecule has 1 N–H and O–H groups in total. The molecule has 0 aliphatic rings. The highest BCUT2D eigenvalue weighted by atomic mass is 32.2. The van der Waals surface area contributed by atoms with Crippen molar-refractivity contribution in [3.8, 4) is 0 Å². The Bertz CT molecular complexity index is 690. The summed E-state index contributed by atoms with van der Waals surface area (Å²) in [7, 11) is -3.50. The van der Waals surface area contributed by atoms with Crippen LogP contribution in [0.1, 0.15) is 30.8 Å². The summed E-state index contributed by atoms with van der Waals surface area (Å²) in [4.78, 5) is 3.91. The quantitative estimate of drug-likeness (QED) is 0.917. The predicted octanol–water partition coefficient (Wildman–Crippen LogP) is 2.29. The summed E-state index contributed by atoms with van der Waals surface area (Å²) in [5, 5.41) is 6.19. The summed E-state index contributed by atoms with van der Waals surface area (Å²) in [6.07, 6.45) is 0.860. The number of aromatic nitrogens is 3. The van der Waals surface area contributed by atoms with E-state index in [1.807, 2.05) is 24.3 Å². The lowest BCUT2D eigenvalue weighted by Crippen LogP contribution is -2.10. The van der Waals surface area contributed by atoms with Crippen molar-refractivity contribution in [3.05, 3.63) is 41.2 Å². The molecule has 0 bridgehead atoms. The van der Waals surface area contributed by atoms with E-state index in [2.05, 4.69) is 29.0 Å². The standard InChI is InChI=1S/C14H19N3O2S/c1-10(2)8-12-6-4-5-7-13(12)9-20(18,19)14-15-11(3)16-17-14/h4-7,10H,8-9H2,1-3H3,(H,15,16,17). The Morgan fingerprint density at radius 2 is 1.85 bits per heavy atom. The van der Waals surface area contributed by atoms with Gasteiger partial charge in [0.2, 0.25) is 9.84 Å². The Morgan fingerprint density at radius 3 is 2.40 bits per heavy atom. The van der Waals surface area contributed by atoms with Crippen molar-refractivity contribution in [2.75, 3.05) is 0 Å². The van der Waals surface area contributed by atoms with Crippen molar-refractivity contribution in [1.82, 2.24) is 15.2 Å². The predicted molar refractivity (Wildman–Crippen MR) is 77.0 cm³/mol. The minimum Gasteiger partial charge on any atom is -0.262 e.